The Hall–Kier alpha value is -1.95. The van der Waals surface area contributed by atoms with E-state index in [2.05, 4.69) is 31.9 Å². The lowest BCUT2D eigenvalue weighted by Crippen LogP contribution is -2.17. The first-order valence-corrected chi connectivity index (χ1v) is 7.47. The largest absolute Gasteiger partial charge is 0.372 e. The van der Waals surface area contributed by atoms with Crippen molar-refractivity contribution in [3.63, 3.8) is 0 Å². The lowest BCUT2D eigenvalue weighted by Gasteiger charge is -2.17. The molecule has 0 radical (unpaired) electrons. The number of carbonyl (C=O) groups is 1. The van der Waals surface area contributed by atoms with Crippen molar-refractivity contribution in [3.05, 3.63) is 34.8 Å². The van der Waals surface area contributed by atoms with E-state index in [1.165, 1.54) is 18.5 Å². The minimum atomic E-state index is -0.147. The summed E-state index contributed by atoms with van der Waals surface area (Å²) in [6, 6.07) is 7.99. The van der Waals surface area contributed by atoms with E-state index in [0.717, 1.165) is 30.3 Å². The number of hydrogen-bond donors (Lipinski definition) is 1. The average molecular weight is 288 g/mol. The molecule has 3 rings (SSSR count). The predicted molar refractivity (Wildman–Crippen MR) is 80.5 cm³/mol. The number of nitrogens with zero attached hydrogens (tertiary/aromatic N) is 3. The first-order valence-electron chi connectivity index (χ1n) is 6.69. The zero-order valence-corrected chi connectivity index (χ0v) is 12.1. The molecule has 20 heavy (non-hydrogen) atoms. The SMILES string of the molecule is Cc1nnsc1C(=O)Nc1ccc(N2CCCC2)cc1. The van der Waals surface area contributed by atoms with E-state index in [9.17, 15) is 4.79 Å². The predicted octanol–water partition coefficient (Wildman–Crippen LogP) is 2.70. The van der Waals surface area contributed by atoms with Gasteiger partial charge in [-0.3, -0.25) is 4.79 Å². The summed E-state index contributed by atoms with van der Waals surface area (Å²) in [5.74, 6) is -0.147. The number of amides is 1. The first-order chi connectivity index (χ1) is 9.74. The van der Waals surface area contributed by atoms with Gasteiger partial charge in [-0.05, 0) is 55.6 Å². The van der Waals surface area contributed by atoms with Crippen molar-refractivity contribution in [2.45, 2.75) is 19.8 Å². The summed E-state index contributed by atoms with van der Waals surface area (Å²) in [6.07, 6.45) is 2.52. The Kier molecular flexibility index (Phi) is 3.64. The van der Waals surface area contributed by atoms with Gasteiger partial charge in [0.2, 0.25) is 0 Å². The second kappa shape index (κ2) is 5.58. The Balaban J connectivity index is 1.69. The van der Waals surface area contributed by atoms with Crippen LogP contribution >= 0.6 is 11.5 Å². The number of nitrogens with one attached hydrogen (secondary N) is 1. The van der Waals surface area contributed by atoms with Crippen LogP contribution in [0.2, 0.25) is 0 Å². The molecule has 0 spiro atoms. The van der Waals surface area contributed by atoms with E-state index in [4.69, 9.17) is 0 Å². The second-order valence-corrected chi connectivity index (χ2v) is 5.64. The van der Waals surface area contributed by atoms with E-state index in [1.807, 2.05) is 12.1 Å². The molecule has 0 atom stereocenters. The molecule has 2 aromatic rings. The summed E-state index contributed by atoms with van der Waals surface area (Å²) in [5.41, 5.74) is 2.68. The van der Waals surface area contributed by atoms with Gasteiger partial charge in [-0.1, -0.05) is 4.49 Å². The Morgan fingerprint density at radius 3 is 2.55 bits per heavy atom. The molecule has 5 nitrogen and oxygen atoms in total. The van der Waals surface area contributed by atoms with Crippen molar-refractivity contribution in [2.75, 3.05) is 23.3 Å². The molecule has 1 amide bonds. The zero-order chi connectivity index (χ0) is 13.9. The Bertz CT molecular complexity index is 602. The highest BCUT2D eigenvalue weighted by atomic mass is 32.1. The summed E-state index contributed by atoms with van der Waals surface area (Å²) in [4.78, 5) is 15.0. The molecule has 1 aliphatic rings. The maximum absolute atomic E-state index is 12.0. The maximum atomic E-state index is 12.0. The van der Waals surface area contributed by atoms with Crippen LogP contribution in [0.4, 0.5) is 11.4 Å². The fourth-order valence-corrected chi connectivity index (χ4v) is 2.91. The van der Waals surface area contributed by atoms with Gasteiger partial charge in [0, 0.05) is 24.5 Å². The number of benzene rings is 1. The molecular formula is C14H16N4OS. The van der Waals surface area contributed by atoms with Gasteiger partial charge in [0.05, 0.1) is 5.69 Å². The number of carbonyl (C=O) groups excluding carboxylic acids is 1. The third-order valence-corrected chi connectivity index (χ3v) is 4.28. The molecule has 0 bridgehead atoms. The molecule has 1 aromatic carbocycles. The lowest BCUT2D eigenvalue weighted by molar-refractivity contribution is 0.103. The molecule has 1 N–H and O–H groups in total. The topological polar surface area (TPSA) is 58.1 Å². The average Bonchev–Trinajstić information content (AvgIpc) is 3.10. The van der Waals surface area contributed by atoms with Gasteiger partial charge in [0.1, 0.15) is 4.88 Å². The number of aryl methyl sites for hydroxylation is 1. The molecule has 1 fully saturated rings. The van der Waals surface area contributed by atoms with Crippen LogP contribution in [-0.4, -0.2) is 28.6 Å². The Labute approximate surface area is 121 Å². The maximum Gasteiger partial charge on any atom is 0.269 e. The summed E-state index contributed by atoms with van der Waals surface area (Å²) in [5, 5.41) is 6.72. The molecule has 0 unspecified atom stereocenters. The molecule has 1 saturated heterocycles. The van der Waals surface area contributed by atoms with Gasteiger partial charge in [-0.2, -0.15) is 0 Å². The summed E-state index contributed by atoms with van der Waals surface area (Å²) >= 11 is 1.12. The van der Waals surface area contributed by atoms with E-state index in [-0.39, 0.29) is 5.91 Å². The Morgan fingerprint density at radius 1 is 1.25 bits per heavy atom. The van der Waals surface area contributed by atoms with Crippen molar-refractivity contribution in [3.8, 4) is 0 Å². The van der Waals surface area contributed by atoms with Crippen molar-refractivity contribution in [2.24, 2.45) is 0 Å². The van der Waals surface area contributed by atoms with Crippen molar-refractivity contribution in [1.29, 1.82) is 0 Å². The van der Waals surface area contributed by atoms with Crippen LogP contribution in [0.15, 0.2) is 24.3 Å². The number of hydrogen-bond acceptors (Lipinski definition) is 5. The third kappa shape index (κ3) is 2.65. The zero-order valence-electron chi connectivity index (χ0n) is 11.3. The lowest BCUT2D eigenvalue weighted by atomic mass is 10.2. The van der Waals surface area contributed by atoms with E-state index < -0.39 is 0 Å². The van der Waals surface area contributed by atoms with E-state index in [0.29, 0.717) is 10.6 Å². The molecule has 2 heterocycles. The quantitative estimate of drug-likeness (QED) is 0.943. The second-order valence-electron chi connectivity index (χ2n) is 4.88. The minimum Gasteiger partial charge on any atom is -0.372 e. The molecule has 0 saturated carbocycles. The summed E-state index contributed by atoms with van der Waals surface area (Å²) in [6.45, 7) is 4.03. The summed E-state index contributed by atoms with van der Waals surface area (Å²) in [7, 11) is 0. The molecule has 1 aliphatic heterocycles. The monoisotopic (exact) mass is 288 g/mol. The van der Waals surface area contributed by atoms with Gasteiger partial charge in [-0.25, -0.2) is 0 Å². The van der Waals surface area contributed by atoms with Crippen LogP contribution in [0, 0.1) is 6.92 Å². The number of anilines is 2. The van der Waals surface area contributed by atoms with Crippen LogP contribution in [0.25, 0.3) is 0 Å². The highest BCUT2D eigenvalue weighted by Gasteiger charge is 2.14. The fourth-order valence-electron chi connectivity index (χ4n) is 2.36. The van der Waals surface area contributed by atoms with Crippen molar-refractivity contribution >= 4 is 28.8 Å². The normalized spacial score (nSPS) is 14.6. The highest BCUT2D eigenvalue weighted by Crippen LogP contribution is 2.22. The van der Waals surface area contributed by atoms with Gasteiger partial charge in [0.25, 0.3) is 5.91 Å². The first kappa shape index (κ1) is 13.1. The van der Waals surface area contributed by atoms with Crippen LogP contribution in [0.3, 0.4) is 0 Å². The van der Waals surface area contributed by atoms with Gasteiger partial charge in [0.15, 0.2) is 0 Å². The van der Waals surface area contributed by atoms with E-state index >= 15 is 0 Å². The van der Waals surface area contributed by atoms with Crippen molar-refractivity contribution < 1.29 is 4.79 Å². The highest BCUT2D eigenvalue weighted by molar-refractivity contribution is 7.08. The van der Waals surface area contributed by atoms with Crippen LogP contribution < -0.4 is 10.2 Å². The molecule has 6 heteroatoms. The standard InChI is InChI=1S/C14H16N4OS/c1-10-13(20-17-16-10)14(19)15-11-4-6-12(7-5-11)18-8-2-3-9-18/h4-7H,2-3,8-9H2,1H3,(H,15,19). The van der Waals surface area contributed by atoms with Crippen LogP contribution in [0.1, 0.15) is 28.2 Å². The Morgan fingerprint density at radius 2 is 1.95 bits per heavy atom. The van der Waals surface area contributed by atoms with Crippen molar-refractivity contribution in [1.82, 2.24) is 9.59 Å². The molecule has 0 aliphatic carbocycles. The third-order valence-electron chi connectivity index (χ3n) is 3.45. The number of rotatable bonds is 3. The van der Waals surface area contributed by atoms with Gasteiger partial charge < -0.3 is 10.2 Å². The summed E-state index contributed by atoms with van der Waals surface area (Å²) < 4.78 is 3.77. The number of aromatic nitrogens is 2. The smallest absolute Gasteiger partial charge is 0.269 e. The van der Waals surface area contributed by atoms with Crippen LogP contribution in [-0.2, 0) is 0 Å². The minimum absolute atomic E-state index is 0.147. The molecule has 1 aromatic heterocycles. The van der Waals surface area contributed by atoms with E-state index in [1.54, 1.807) is 6.92 Å². The molecule has 104 valence electrons. The van der Waals surface area contributed by atoms with Gasteiger partial charge >= 0.3 is 0 Å². The molecular weight excluding hydrogens is 272 g/mol. The van der Waals surface area contributed by atoms with Gasteiger partial charge in [-0.15, -0.1) is 5.10 Å². The van der Waals surface area contributed by atoms with Crippen LogP contribution in [0.5, 0.6) is 0 Å². The fraction of sp³-hybridized carbons (Fsp3) is 0.357.